The summed E-state index contributed by atoms with van der Waals surface area (Å²) >= 11 is 1.85. The summed E-state index contributed by atoms with van der Waals surface area (Å²) in [5.41, 5.74) is 0. The van der Waals surface area contributed by atoms with Crippen LogP contribution < -0.4 is 0 Å². The van der Waals surface area contributed by atoms with Crippen LogP contribution in [-0.4, -0.2) is 36.2 Å². The van der Waals surface area contributed by atoms with E-state index in [4.69, 9.17) is 0 Å². The molecule has 1 heterocycles. The lowest BCUT2D eigenvalue weighted by Crippen LogP contribution is -2.30. The molecule has 3 heteroatoms. The third kappa shape index (κ3) is 4.41. The van der Waals surface area contributed by atoms with Crippen LogP contribution >= 0.6 is 11.3 Å². The molecule has 1 aromatic rings. The molecule has 0 unspecified atom stereocenters. The quantitative estimate of drug-likeness (QED) is 0.872. The van der Waals surface area contributed by atoms with E-state index in [1.807, 2.05) is 11.3 Å². The van der Waals surface area contributed by atoms with Crippen LogP contribution in [0, 0.1) is 5.92 Å². The Morgan fingerprint density at radius 3 is 2.76 bits per heavy atom. The van der Waals surface area contributed by atoms with Crippen LogP contribution in [0.15, 0.2) is 17.5 Å². The molecule has 0 radical (unpaired) electrons. The van der Waals surface area contributed by atoms with Gasteiger partial charge in [0.1, 0.15) is 0 Å². The lowest BCUT2D eigenvalue weighted by Gasteiger charge is -2.29. The van der Waals surface area contributed by atoms with E-state index in [9.17, 15) is 5.11 Å². The number of rotatable bonds is 5. The highest BCUT2D eigenvalue weighted by Gasteiger charge is 2.20. The molecule has 0 saturated heterocycles. The zero-order valence-corrected chi connectivity index (χ0v) is 11.5. The Labute approximate surface area is 108 Å². The maximum Gasteiger partial charge on any atom is 0.0540 e. The van der Waals surface area contributed by atoms with Crippen molar-refractivity contribution in [2.24, 2.45) is 5.92 Å². The second-order valence-electron chi connectivity index (χ2n) is 5.27. The van der Waals surface area contributed by atoms with Crippen LogP contribution in [0.3, 0.4) is 0 Å². The summed E-state index contributed by atoms with van der Waals surface area (Å²) in [4.78, 5) is 3.93. The zero-order valence-electron chi connectivity index (χ0n) is 10.6. The molecule has 1 saturated carbocycles. The normalized spacial score (nSPS) is 25.4. The average molecular weight is 253 g/mol. The van der Waals surface area contributed by atoms with Crippen molar-refractivity contribution < 1.29 is 5.11 Å². The highest BCUT2D eigenvalue weighted by Crippen LogP contribution is 2.24. The van der Waals surface area contributed by atoms with Crippen LogP contribution in [-0.2, 0) is 6.42 Å². The lowest BCUT2D eigenvalue weighted by molar-refractivity contribution is 0.0978. The van der Waals surface area contributed by atoms with Crippen molar-refractivity contribution in [3.63, 3.8) is 0 Å². The lowest BCUT2D eigenvalue weighted by atomic mass is 9.87. The Bertz CT molecular complexity index is 304. The van der Waals surface area contributed by atoms with Crippen molar-refractivity contribution in [2.45, 2.75) is 38.2 Å². The van der Waals surface area contributed by atoms with Crippen LogP contribution in [0.1, 0.15) is 30.6 Å². The fourth-order valence-electron chi connectivity index (χ4n) is 2.62. The molecule has 96 valence electrons. The standard InChI is InChI=1S/C14H23NOS/c1-15(9-8-14-3-2-10-17-14)11-12-4-6-13(16)7-5-12/h2-3,10,12-13,16H,4-9,11H2,1H3. The molecule has 1 fully saturated rings. The largest absolute Gasteiger partial charge is 0.393 e. The van der Waals surface area contributed by atoms with E-state index in [0.717, 1.165) is 25.3 Å². The molecular weight excluding hydrogens is 230 g/mol. The van der Waals surface area contributed by atoms with Crippen LogP contribution in [0.5, 0.6) is 0 Å². The molecule has 0 spiro atoms. The predicted octanol–water partition coefficient (Wildman–Crippen LogP) is 2.77. The monoisotopic (exact) mass is 253 g/mol. The minimum atomic E-state index is -0.0253. The Balaban J connectivity index is 1.65. The van der Waals surface area contributed by atoms with Gasteiger partial charge in [-0.2, -0.15) is 0 Å². The van der Waals surface area contributed by atoms with E-state index < -0.39 is 0 Å². The average Bonchev–Trinajstić information content (AvgIpc) is 2.83. The molecule has 1 aromatic heterocycles. The van der Waals surface area contributed by atoms with E-state index in [1.165, 1.54) is 30.7 Å². The van der Waals surface area contributed by atoms with Gasteiger partial charge in [0.15, 0.2) is 0 Å². The van der Waals surface area contributed by atoms with Crippen LogP contribution in [0.25, 0.3) is 0 Å². The number of nitrogens with zero attached hydrogens (tertiary/aromatic N) is 1. The summed E-state index contributed by atoms with van der Waals surface area (Å²) in [6.07, 6.45) is 5.55. The molecule has 17 heavy (non-hydrogen) atoms. The van der Waals surface area contributed by atoms with Gasteiger partial charge in [-0.1, -0.05) is 6.07 Å². The topological polar surface area (TPSA) is 23.5 Å². The fraction of sp³-hybridized carbons (Fsp3) is 0.714. The summed E-state index contributed by atoms with van der Waals surface area (Å²) in [5.74, 6) is 0.798. The first kappa shape index (κ1) is 13.1. The minimum Gasteiger partial charge on any atom is -0.393 e. The molecule has 0 aliphatic heterocycles. The molecule has 1 aliphatic rings. The summed E-state index contributed by atoms with van der Waals surface area (Å²) in [7, 11) is 2.22. The Hall–Kier alpha value is -0.380. The fourth-order valence-corrected chi connectivity index (χ4v) is 3.31. The minimum absolute atomic E-state index is 0.0253. The van der Waals surface area contributed by atoms with E-state index in [0.29, 0.717) is 0 Å². The molecule has 2 rings (SSSR count). The second-order valence-corrected chi connectivity index (χ2v) is 6.30. The van der Waals surface area contributed by atoms with Crippen molar-refractivity contribution in [2.75, 3.05) is 20.1 Å². The van der Waals surface area contributed by atoms with Crippen molar-refractivity contribution in [1.29, 1.82) is 0 Å². The van der Waals surface area contributed by atoms with Gasteiger partial charge < -0.3 is 10.0 Å². The van der Waals surface area contributed by atoms with Gasteiger partial charge in [0.2, 0.25) is 0 Å². The van der Waals surface area contributed by atoms with Crippen LogP contribution in [0.2, 0.25) is 0 Å². The number of hydrogen-bond donors (Lipinski definition) is 1. The smallest absolute Gasteiger partial charge is 0.0540 e. The van der Waals surface area contributed by atoms with Gasteiger partial charge in [0.05, 0.1) is 6.10 Å². The maximum absolute atomic E-state index is 9.48. The third-order valence-electron chi connectivity index (χ3n) is 3.71. The number of thiophene rings is 1. The van der Waals surface area contributed by atoms with E-state index in [2.05, 4.69) is 29.5 Å². The van der Waals surface area contributed by atoms with Gasteiger partial charge in [-0.25, -0.2) is 0 Å². The first-order valence-corrected chi connectivity index (χ1v) is 7.51. The molecule has 0 atom stereocenters. The maximum atomic E-state index is 9.48. The summed E-state index contributed by atoms with van der Waals surface area (Å²) in [5, 5.41) is 11.6. The van der Waals surface area contributed by atoms with Crippen molar-refractivity contribution in [3.8, 4) is 0 Å². The van der Waals surface area contributed by atoms with E-state index in [1.54, 1.807) is 0 Å². The Morgan fingerprint density at radius 2 is 2.12 bits per heavy atom. The predicted molar refractivity (Wildman–Crippen MR) is 73.5 cm³/mol. The van der Waals surface area contributed by atoms with Gasteiger partial charge in [-0.05, 0) is 56.5 Å². The molecular formula is C14H23NOS. The Morgan fingerprint density at radius 1 is 1.35 bits per heavy atom. The Kier molecular flexibility index (Phi) is 5.01. The van der Waals surface area contributed by atoms with Gasteiger partial charge in [-0.15, -0.1) is 11.3 Å². The van der Waals surface area contributed by atoms with Crippen molar-refractivity contribution >= 4 is 11.3 Å². The highest BCUT2D eigenvalue weighted by atomic mass is 32.1. The second kappa shape index (κ2) is 6.53. The van der Waals surface area contributed by atoms with E-state index in [-0.39, 0.29) is 6.10 Å². The number of aliphatic hydroxyl groups is 1. The third-order valence-corrected chi connectivity index (χ3v) is 4.64. The molecule has 1 aliphatic carbocycles. The first-order valence-electron chi connectivity index (χ1n) is 6.63. The highest BCUT2D eigenvalue weighted by molar-refractivity contribution is 7.09. The number of aliphatic hydroxyl groups excluding tert-OH is 1. The zero-order chi connectivity index (χ0) is 12.1. The van der Waals surface area contributed by atoms with Crippen LogP contribution in [0.4, 0.5) is 0 Å². The van der Waals surface area contributed by atoms with Crippen molar-refractivity contribution in [3.05, 3.63) is 22.4 Å². The molecule has 0 bridgehead atoms. The molecule has 1 N–H and O–H groups in total. The summed E-state index contributed by atoms with van der Waals surface area (Å²) in [6, 6.07) is 4.35. The van der Waals surface area contributed by atoms with Crippen molar-refractivity contribution in [1.82, 2.24) is 4.90 Å². The van der Waals surface area contributed by atoms with Gasteiger partial charge in [0.25, 0.3) is 0 Å². The number of likely N-dealkylation sites (N-methyl/N-ethyl adjacent to an activating group) is 1. The first-order chi connectivity index (χ1) is 8.24. The van der Waals surface area contributed by atoms with Gasteiger partial charge in [-0.3, -0.25) is 0 Å². The summed E-state index contributed by atoms with van der Waals surface area (Å²) in [6.45, 7) is 2.34. The SMILES string of the molecule is CN(CCc1cccs1)CC1CCC(O)CC1. The molecule has 0 aromatic carbocycles. The summed E-state index contributed by atoms with van der Waals surface area (Å²) < 4.78 is 0. The van der Waals surface area contributed by atoms with E-state index >= 15 is 0 Å². The molecule has 2 nitrogen and oxygen atoms in total. The van der Waals surface area contributed by atoms with Gasteiger partial charge in [0, 0.05) is 18.0 Å². The molecule has 0 amide bonds. The number of hydrogen-bond acceptors (Lipinski definition) is 3. The van der Waals surface area contributed by atoms with Gasteiger partial charge >= 0.3 is 0 Å².